The van der Waals surface area contributed by atoms with Gasteiger partial charge >= 0.3 is 0 Å². The third-order valence-electron chi connectivity index (χ3n) is 9.84. The van der Waals surface area contributed by atoms with Crippen molar-refractivity contribution in [3.63, 3.8) is 0 Å². The van der Waals surface area contributed by atoms with Crippen LogP contribution in [-0.4, -0.2) is 73.3 Å². The molecule has 0 saturated heterocycles. The summed E-state index contributed by atoms with van der Waals surface area (Å²) in [5, 5.41) is 26.6. The van der Waals surface area contributed by atoms with Gasteiger partial charge in [0, 0.05) is 29.0 Å². The Labute approximate surface area is 416 Å². The van der Waals surface area contributed by atoms with Crippen molar-refractivity contribution in [3.05, 3.63) is 129 Å². The molecular formula is C47H43Cl5N8O8. The molecule has 16 nitrogen and oxygen atoms in total. The van der Waals surface area contributed by atoms with Crippen LogP contribution in [0.3, 0.4) is 0 Å². The van der Waals surface area contributed by atoms with E-state index in [1.54, 1.807) is 36.4 Å². The molecule has 4 N–H and O–H groups in total. The van der Waals surface area contributed by atoms with E-state index in [0.29, 0.717) is 53.0 Å². The van der Waals surface area contributed by atoms with E-state index in [9.17, 15) is 28.8 Å². The first kappa shape index (κ1) is 52.5. The lowest BCUT2D eigenvalue weighted by Crippen LogP contribution is -2.32. The van der Waals surface area contributed by atoms with Crippen molar-refractivity contribution in [1.82, 2.24) is 0 Å². The SMILES string of the molecule is COc1cc(CCCl)ccc1NC(=O)c1cccc(N=NC(C(C)=O)C(=O)Nc2ccc(NC(=O)C(N=Nc3cccc(C(=O)Nc4ccc(CCCl)cc4OC)c3Cl)C(C)=O)c(CCl)c2)c1Cl. The summed E-state index contributed by atoms with van der Waals surface area (Å²) in [4.78, 5) is 78.8. The van der Waals surface area contributed by atoms with Crippen molar-refractivity contribution >= 4 is 127 Å². The number of benzene rings is 5. The van der Waals surface area contributed by atoms with Crippen LogP contribution >= 0.6 is 58.0 Å². The van der Waals surface area contributed by atoms with Gasteiger partial charge in [-0.3, -0.25) is 28.8 Å². The highest BCUT2D eigenvalue weighted by Crippen LogP contribution is 2.34. The molecule has 0 aliphatic carbocycles. The number of nitrogens with zero attached hydrogens (tertiary/aromatic N) is 4. The van der Waals surface area contributed by atoms with Crippen LogP contribution in [-0.2, 0) is 37.9 Å². The molecule has 0 aliphatic rings. The lowest BCUT2D eigenvalue weighted by atomic mass is 10.1. The first-order chi connectivity index (χ1) is 32.6. The predicted octanol–water partition coefficient (Wildman–Crippen LogP) is 11.2. The molecule has 0 aliphatic heterocycles. The number of nitrogens with one attached hydrogen (secondary N) is 4. The number of alkyl halides is 3. The largest absolute Gasteiger partial charge is 0.495 e. The quantitative estimate of drug-likeness (QED) is 0.0314. The number of carbonyl (C=O) groups is 6. The number of ether oxygens (including phenoxy) is 2. The zero-order valence-corrected chi connectivity index (χ0v) is 40.6. The van der Waals surface area contributed by atoms with E-state index in [4.69, 9.17) is 67.5 Å². The minimum Gasteiger partial charge on any atom is -0.495 e. The summed E-state index contributed by atoms with van der Waals surface area (Å²) in [6.07, 6.45) is 1.21. The number of methoxy groups -OCH3 is 2. The molecule has 354 valence electrons. The summed E-state index contributed by atoms with van der Waals surface area (Å²) in [5.41, 5.74) is 3.38. The van der Waals surface area contributed by atoms with Crippen LogP contribution in [0.4, 0.5) is 34.1 Å². The zero-order chi connectivity index (χ0) is 49.5. The van der Waals surface area contributed by atoms with Crippen molar-refractivity contribution in [2.24, 2.45) is 20.5 Å². The topological polar surface area (TPSA) is 218 Å². The van der Waals surface area contributed by atoms with E-state index < -0.39 is 47.3 Å². The summed E-state index contributed by atoms with van der Waals surface area (Å²) < 4.78 is 10.9. The maximum absolute atomic E-state index is 13.5. The third-order valence-corrected chi connectivity index (χ3v) is 11.3. The number of amides is 4. The van der Waals surface area contributed by atoms with Crippen molar-refractivity contribution in [2.45, 2.75) is 44.7 Å². The van der Waals surface area contributed by atoms with Gasteiger partial charge in [0.25, 0.3) is 23.6 Å². The normalized spacial score (nSPS) is 12.0. The van der Waals surface area contributed by atoms with E-state index in [0.717, 1.165) is 25.0 Å². The summed E-state index contributed by atoms with van der Waals surface area (Å²) in [6.45, 7) is 2.30. The van der Waals surface area contributed by atoms with Crippen molar-refractivity contribution < 1.29 is 38.2 Å². The van der Waals surface area contributed by atoms with Gasteiger partial charge in [-0.2, -0.15) is 20.5 Å². The fourth-order valence-corrected chi connectivity index (χ4v) is 7.48. The highest BCUT2D eigenvalue weighted by Gasteiger charge is 2.27. The van der Waals surface area contributed by atoms with Crippen molar-refractivity contribution in [3.8, 4) is 11.5 Å². The third kappa shape index (κ3) is 13.6. The summed E-state index contributed by atoms with van der Waals surface area (Å²) in [6, 6.07) is 20.3. The number of carbonyl (C=O) groups excluding carboxylic acids is 6. The van der Waals surface area contributed by atoms with Gasteiger partial charge in [0.05, 0.1) is 46.8 Å². The summed E-state index contributed by atoms with van der Waals surface area (Å²) in [7, 11) is 2.94. The van der Waals surface area contributed by atoms with Crippen molar-refractivity contribution in [2.75, 3.05) is 47.2 Å². The molecule has 21 heteroatoms. The molecule has 0 radical (unpaired) electrons. The first-order valence-electron chi connectivity index (χ1n) is 20.4. The molecule has 0 fully saturated rings. The standard InChI is InChI=1S/C47H43Cl5N8O8/c1-25(61)42(59-57-36-9-5-7-31(40(36)51)44(63)55-34-14-11-27(17-19-48)21-38(34)67-3)46(65)53-30-13-16-33(29(23-30)24-50)54-47(66)43(26(2)62)60-58-37-10-6-8-32(41(37)52)45(64)56-35-15-12-28(18-20-49)22-39(35)68-4/h5-16,21-23,42-43H,17-20,24H2,1-4H3,(H,53,65)(H,54,66)(H,55,63)(H,56,64). The Hall–Kier alpha value is -6.43. The molecule has 2 atom stereocenters. The molecule has 2 unspecified atom stereocenters. The monoisotopic (exact) mass is 1020 g/mol. The number of rotatable bonds is 21. The van der Waals surface area contributed by atoms with E-state index in [1.165, 1.54) is 68.8 Å². The second-order valence-electron chi connectivity index (χ2n) is 14.6. The Morgan fingerprint density at radius 3 is 1.41 bits per heavy atom. The maximum atomic E-state index is 13.5. The molecular weight excluding hydrogens is 982 g/mol. The molecule has 0 aromatic heterocycles. The van der Waals surface area contributed by atoms with Gasteiger partial charge in [-0.1, -0.05) is 47.5 Å². The molecule has 5 aromatic carbocycles. The number of hydrogen-bond acceptors (Lipinski definition) is 12. The number of halogens is 5. The summed E-state index contributed by atoms with van der Waals surface area (Å²) >= 11 is 31.1. The van der Waals surface area contributed by atoms with E-state index >= 15 is 0 Å². The smallest absolute Gasteiger partial charge is 0.258 e. The fraction of sp³-hybridized carbons (Fsp3) is 0.234. The summed E-state index contributed by atoms with van der Waals surface area (Å²) in [5.74, 6) is -2.72. The van der Waals surface area contributed by atoms with Crippen LogP contribution in [0.5, 0.6) is 11.5 Å². The fourth-order valence-electron chi connectivity index (χ4n) is 6.32. The zero-order valence-electron chi connectivity index (χ0n) is 36.8. The first-order valence-corrected chi connectivity index (χ1v) is 22.8. The number of azo groups is 2. The van der Waals surface area contributed by atoms with Gasteiger partial charge in [0.1, 0.15) is 22.9 Å². The Balaban J connectivity index is 1.26. The van der Waals surface area contributed by atoms with Crippen LogP contribution in [0.25, 0.3) is 0 Å². The Morgan fingerprint density at radius 1 is 0.559 bits per heavy atom. The molecule has 68 heavy (non-hydrogen) atoms. The van der Waals surface area contributed by atoms with Gasteiger partial charge in [0.2, 0.25) is 12.1 Å². The van der Waals surface area contributed by atoms with Crippen LogP contribution in [0.15, 0.2) is 111 Å². The van der Waals surface area contributed by atoms with Crippen LogP contribution in [0, 0.1) is 0 Å². The Morgan fingerprint density at radius 2 is 1.00 bits per heavy atom. The van der Waals surface area contributed by atoms with Crippen LogP contribution < -0.4 is 30.7 Å². The highest BCUT2D eigenvalue weighted by atomic mass is 35.5. The van der Waals surface area contributed by atoms with E-state index in [1.807, 2.05) is 0 Å². The lowest BCUT2D eigenvalue weighted by molar-refractivity contribution is -0.127. The van der Waals surface area contributed by atoms with Gasteiger partial charge in [-0.15, -0.1) is 34.8 Å². The molecule has 4 amide bonds. The number of anilines is 4. The Bertz CT molecular complexity index is 2790. The molecule has 5 aromatic rings. The second-order valence-corrected chi connectivity index (χ2v) is 16.4. The van der Waals surface area contributed by atoms with Gasteiger partial charge in [-0.05, 0) is 110 Å². The molecule has 0 bridgehead atoms. The molecule has 0 heterocycles. The number of ketones is 2. The predicted molar refractivity (Wildman–Crippen MR) is 265 cm³/mol. The molecule has 5 rings (SSSR count). The average molecular weight is 1030 g/mol. The number of Topliss-reactive ketones (excluding diaryl/α,β-unsaturated/α-hetero) is 2. The Kier molecular flexibility index (Phi) is 19.4. The average Bonchev–Trinajstić information content (AvgIpc) is 3.31. The minimum atomic E-state index is -1.64. The maximum Gasteiger partial charge on any atom is 0.258 e. The lowest BCUT2D eigenvalue weighted by Gasteiger charge is -2.15. The highest BCUT2D eigenvalue weighted by molar-refractivity contribution is 6.37. The van der Waals surface area contributed by atoms with Crippen molar-refractivity contribution in [1.29, 1.82) is 0 Å². The number of aryl methyl sites for hydroxylation is 2. The van der Waals surface area contributed by atoms with Gasteiger partial charge < -0.3 is 30.7 Å². The van der Waals surface area contributed by atoms with Crippen LogP contribution in [0.2, 0.25) is 10.0 Å². The molecule has 0 saturated carbocycles. The molecule has 0 spiro atoms. The van der Waals surface area contributed by atoms with Crippen LogP contribution in [0.1, 0.15) is 51.3 Å². The second kappa shape index (κ2) is 25.1. The van der Waals surface area contributed by atoms with E-state index in [2.05, 4.69) is 41.7 Å². The minimum absolute atomic E-state index is 0.00882. The number of hydrogen-bond donors (Lipinski definition) is 4. The van der Waals surface area contributed by atoms with Gasteiger partial charge in [0.15, 0.2) is 11.6 Å². The van der Waals surface area contributed by atoms with E-state index in [-0.39, 0.29) is 49.8 Å². The van der Waals surface area contributed by atoms with Gasteiger partial charge in [-0.25, -0.2) is 0 Å².